The molecule has 2 aliphatic heterocycles. The molecule has 2 saturated heterocycles. The second kappa shape index (κ2) is 8.93. The maximum atomic E-state index is 13.0. The lowest BCUT2D eigenvalue weighted by molar-refractivity contribution is 0.122. The summed E-state index contributed by atoms with van der Waals surface area (Å²) in [7, 11) is -2.13. The van der Waals surface area contributed by atoms with Crippen LogP contribution >= 0.6 is 11.6 Å². The molecule has 0 aliphatic carbocycles. The summed E-state index contributed by atoms with van der Waals surface area (Å²) in [5.74, 6) is 2.02. The Hall–Kier alpha value is -2.14. The lowest BCUT2D eigenvalue weighted by Crippen LogP contribution is -2.49. The number of nitrogens with zero attached hydrogens (tertiary/aromatic N) is 5. The van der Waals surface area contributed by atoms with Crippen LogP contribution in [-0.4, -0.2) is 82.5 Å². The predicted octanol–water partition coefficient (Wildman–Crippen LogP) is 1.49. The molecule has 0 radical (unpaired) electrons. The molecule has 1 aromatic carbocycles. The van der Waals surface area contributed by atoms with Crippen LogP contribution in [0.4, 0.5) is 11.6 Å². The van der Waals surface area contributed by atoms with Crippen molar-refractivity contribution in [3.63, 3.8) is 0 Å². The Morgan fingerprint density at radius 1 is 0.933 bits per heavy atom. The number of hydrogen-bond acceptors (Lipinski definition) is 8. The van der Waals surface area contributed by atoms with Gasteiger partial charge in [-0.05, 0) is 30.3 Å². The van der Waals surface area contributed by atoms with Crippen molar-refractivity contribution in [3.8, 4) is 5.75 Å². The molecule has 1 aromatic heterocycles. The van der Waals surface area contributed by atoms with E-state index in [2.05, 4.69) is 15.1 Å². The number of benzene rings is 1. The molecule has 2 aromatic rings. The van der Waals surface area contributed by atoms with Gasteiger partial charge in [-0.2, -0.15) is 4.31 Å². The van der Waals surface area contributed by atoms with Gasteiger partial charge in [0.2, 0.25) is 10.0 Å². The molecule has 9 nitrogen and oxygen atoms in total. The molecule has 0 unspecified atom stereocenters. The Morgan fingerprint density at radius 3 is 2.07 bits per heavy atom. The van der Waals surface area contributed by atoms with E-state index in [9.17, 15) is 8.42 Å². The van der Waals surface area contributed by atoms with Crippen molar-refractivity contribution in [2.75, 3.05) is 69.4 Å². The Kier molecular flexibility index (Phi) is 6.28. The summed E-state index contributed by atoms with van der Waals surface area (Å²) in [6.07, 6.45) is 0. The fourth-order valence-electron chi connectivity index (χ4n) is 3.56. The molecule has 11 heteroatoms. The molecule has 30 heavy (non-hydrogen) atoms. The average molecular weight is 454 g/mol. The van der Waals surface area contributed by atoms with Crippen LogP contribution in [0.2, 0.25) is 5.02 Å². The van der Waals surface area contributed by atoms with E-state index in [-0.39, 0.29) is 9.92 Å². The highest BCUT2D eigenvalue weighted by Crippen LogP contribution is 2.29. The molecule has 3 heterocycles. The minimum Gasteiger partial charge on any atom is -0.495 e. The molecular formula is C19H24ClN5O4S. The highest BCUT2D eigenvalue weighted by molar-refractivity contribution is 7.89. The Bertz CT molecular complexity index is 975. The first-order valence-electron chi connectivity index (χ1n) is 9.74. The third kappa shape index (κ3) is 4.31. The molecule has 2 aliphatic rings. The van der Waals surface area contributed by atoms with Crippen LogP contribution in [0.15, 0.2) is 35.2 Å². The van der Waals surface area contributed by atoms with Crippen molar-refractivity contribution in [2.24, 2.45) is 0 Å². The van der Waals surface area contributed by atoms with Gasteiger partial charge in [-0.15, -0.1) is 10.2 Å². The molecule has 0 saturated carbocycles. The fourth-order valence-corrected chi connectivity index (χ4v) is 5.33. The van der Waals surface area contributed by atoms with Crippen molar-refractivity contribution in [3.05, 3.63) is 35.4 Å². The summed E-state index contributed by atoms with van der Waals surface area (Å²) in [5.41, 5.74) is 0. The van der Waals surface area contributed by atoms with Crippen LogP contribution in [0, 0.1) is 0 Å². The first-order valence-corrected chi connectivity index (χ1v) is 11.6. The normalized spacial score (nSPS) is 18.5. The summed E-state index contributed by atoms with van der Waals surface area (Å²) in [5, 5.41) is 8.96. The van der Waals surface area contributed by atoms with Crippen LogP contribution < -0.4 is 14.5 Å². The number of morpholine rings is 1. The lowest BCUT2D eigenvalue weighted by atomic mass is 10.3. The second-order valence-corrected chi connectivity index (χ2v) is 9.38. The molecule has 0 N–H and O–H groups in total. The average Bonchev–Trinajstić information content (AvgIpc) is 2.80. The van der Waals surface area contributed by atoms with E-state index >= 15 is 0 Å². The summed E-state index contributed by atoms with van der Waals surface area (Å²) in [6, 6.07) is 8.40. The van der Waals surface area contributed by atoms with Crippen LogP contribution in [0.5, 0.6) is 5.75 Å². The van der Waals surface area contributed by atoms with Crippen molar-refractivity contribution in [2.45, 2.75) is 4.90 Å². The quantitative estimate of drug-likeness (QED) is 0.672. The van der Waals surface area contributed by atoms with E-state index in [0.29, 0.717) is 45.1 Å². The zero-order valence-electron chi connectivity index (χ0n) is 16.7. The molecular weight excluding hydrogens is 430 g/mol. The standard InChI is InChI=1S/C19H24ClN5O4S/c1-28-17-3-2-15(14-16(17)20)30(26,27)25-8-6-23(7-9-25)18-4-5-19(22-21-18)24-10-12-29-13-11-24/h2-5,14H,6-13H2,1H3. The number of sulfonamides is 1. The van der Waals surface area contributed by atoms with Gasteiger partial charge in [0.1, 0.15) is 5.75 Å². The zero-order valence-corrected chi connectivity index (χ0v) is 18.3. The first kappa shape index (κ1) is 21.1. The molecule has 0 bridgehead atoms. The highest BCUT2D eigenvalue weighted by Gasteiger charge is 2.29. The van der Waals surface area contributed by atoms with Gasteiger partial charge in [0.05, 0.1) is 30.2 Å². The van der Waals surface area contributed by atoms with Crippen molar-refractivity contribution in [1.29, 1.82) is 0 Å². The number of ether oxygens (including phenoxy) is 2. The van der Waals surface area contributed by atoms with Crippen LogP contribution in [0.25, 0.3) is 0 Å². The number of anilines is 2. The Labute approximate surface area is 181 Å². The second-order valence-electron chi connectivity index (χ2n) is 7.04. The van der Waals surface area contributed by atoms with E-state index in [0.717, 1.165) is 24.7 Å². The van der Waals surface area contributed by atoms with Crippen LogP contribution in [0.3, 0.4) is 0 Å². The zero-order chi connectivity index (χ0) is 21.1. The summed E-state index contributed by atoms with van der Waals surface area (Å²) in [4.78, 5) is 4.35. The Balaban J connectivity index is 1.40. The molecule has 4 rings (SSSR count). The van der Waals surface area contributed by atoms with Crippen molar-refractivity contribution >= 4 is 33.3 Å². The highest BCUT2D eigenvalue weighted by atomic mass is 35.5. The maximum absolute atomic E-state index is 13.0. The fraction of sp³-hybridized carbons (Fsp3) is 0.474. The maximum Gasteiger partial charge on any atom is 0.243 e. The van der Waals surface area contributed by atoms with E-state index in [1.165, 1.54) is 23.5 Å². The number of aromatic nitrogens is 2. The smallest absolute Gasteiger partial charge is 0.243 e. The minimum absolute atomic E-state index is 0.163. The minimum atomic E-state index is -3.62. The van der Waals surface area contributed by atoms with Gasteiger partial charge in [0.25, 0.3) is 0 Å². The molecule has 2 fully saturated rings. The van der Waals surface area contributed by atoms with Crippen molar-refractivity contribution < 1.29 is 17.9 Å². The van der Waals surface area contributed by atoms with Gasteiger partial charge in [-0.3, -0.25) is 0 Å². The third-order valence-corrected chi connectivity index (χ3v) is 7.49. The van der Waals surface area contributed by atoms with Gasteiger partial charge in [0.15, 0.2) is 11.6 Å². The van der Waals surface area contributed by atoms with Crippen LogP contribution in [0.1, 0.15) is 0 Å². The molecule has 162 valence electrons. The molecule has 0 atom stereocenters. The first-order chi connectivity index (χ1) is 14.5. The van der Waals surface area contributed by atoms with E-state index in [1.807, 2.05) is 17.0 Å². The monoisotopic (exact) mass is 453 g/mol. The number of methoxy groups -OCH3 is 1. The molecule has 0 amide bonds. The van der Waals surface area contributed by atoms with E-state index in [1.54, 1.807) is 6.07 Å². The SMILES string of the molecule is COc1ccc(S(=O)(=O)N2CCN(c3ccc(N4CCOCC4)nn3)CC2)cc1Cl. The van der Waals surface area contributed by atoms with Gasteiger partial charge < -0.3 is 19.3 Å². The topological polar surface area (TPSA) is 88.1 Å². The van der Waals surface area contributed by atoms with Crippen molar-refractivity contribution in [1.82, 2.24) is 14.5 Å². The largest absolute Gasteiger partial charge is 0.495 e. The van der Waals surface area contributed by atoms with Gasteiger partial charge >= 0.3 is 0 Å². The predicted molar refractivity (Wildman–Crippen MR) is 114 cm³/mol. The van der Waals surface area contributed by atoms with Gasteiger partial charge in [0, 0.05) is 39.3 Å². The molecule has 0 spiro atoms. The van der Waals surface area contributed by atoms with E-state index < -0.39 is 10.0 Å². The summed E-state index contributed by atoms with van der Waals surface area (Å²) >= 11 is 6.10. The Morgan fingerprint density at radius 2 is 1.53 bits per heavy atom. The summed E-state index contributed by atoms with van der Waals surface area (Å²) < 4.78 is 37.9. The van der Waals surface area contributed by atoms with Gasteiger partial charge in [-0.1, -0.05) is 11.6 Å². The summed E-state index contributed by atoms with van der Waals surface area (Å²) in [6.45, 7) is 4.79. The number of piperazine rings is 1. The van der Waals surface area contributed by atoms with Gasteiger partial charge in [-0.25, -0.2) is 8.42 Å². The number of rotatable bonds is 5. The third-order valence-electron chi connectivity index (χ3n) is 5.30. The number of halogens is 1. The van der Waals surface area contributed by atoms with Crippen LogP contribution in [-0.2, 0) is 14.8 Å². The van der Waals surface area contributed by atoms with E-state index in [4.69, 9.17) is 21.1 Å². The lowest BCUT2D eigenvalue weighted by Gasteiger charge is -2.34. The number of hydrogen-bond donors (Lipinski definition) is 0.